The Bertz CT molecular complexity index is 1580. The van der Waals surface area contributed by atoms with E-state index < -0.39 is 0 Å². The van der Waals surface area contributed by atoms with Crippen LogP contribution in [-0.2, 0) is 13.0 Å². The maximum Gasteiger partial charge on any atom is 0.328 e. The first-order valence-corrected chi connectivity index (χ1v) is 12.8. The first-order chi connectivity index (χ1) is 17.9. The molecule has 0 aliphatic rings. The summed E-state index contributed by atoms with van der Waals surface area (Å²) >= 11 is 0. The van der Waals surface area contributed by atoms with Gasteiger partial charge in [-0.1, -0.05) is 86.6 Å². The minimum Gasteiger partial charge on any atom is -0.309 e. The molecule has 3 aromatic carbocycles. The number of H-pyrrole nitrogens is 1. The molecular weight excluding hydrogens is 458 g/mol. The van der Waals surface area contributed by atoms with Crippen LogP contribution in [0.5, 0.6) is 0 Å². The number of fused-ring (bicyclic) bond motifs is 1. The second-order valence-electron chi connectivity index (χ2n) is 10.1. The summed E-state index contributed by atoms with van der Waals surface area (Å²) in [6.07, 6.45) is 2.73. The van der Waals surface area contributed by atoms with Crippen molar-refractivity contribution in [2.24, 2.45) is 0 Å². The molecule has 6 nitrogen and oxygen atoms in total. The van der Waals surface area contributed by atoms with Crippen LogP contribution in [0.4, 0.5) is 0 Å². The van der Waals surface area contributed by atoms with E-state index in [-0.39, 0.29) is 5.69 Å². The van der Waals surface area contributed by atoms with E-state index in [0.29, 0.717) is 29.5 Å². The molecule has 5 rings (SSSR count). The normalized spacial score (nSPS) is 11.6. The van der Waals surface area contributed by atoms with Gasteiger partial charge in [-0.15, -0.1) is 0 Å². The third-order valence-corrected chi connectivity index (χ3v) is 6.74. The molecule has 188 valence electrons. The van der Waals surface area contributed by atoms with Crippen molar-refractivity contribution in [3.63, 3.8) is 0 Å². The molecule has 5 aromatic rings. The molecule has 0 aliphatic heterocycles. The highest BCUT2D eigenvalue weighted by Crippen LogP contribution is 2.27. The average molecular weight is 492 g/mol. The van der Waals surface area contributed by atoms with E-state index in [1.807, 2.05) is 18.2 Å². The monoisotopic (exact) mass is 491 g/mol. The van der Waals surface area contributed by atoms with Crippen molar-refractivity contribution in [3.8, 4) is 22.5 Å². The van der Waals surface area contributed by atoms with Crippen LogP contribution in [0, 0.1) is 0 Å². The molecule has 0 aliphatic carbocycles. The van der Waals surface area contributed by atoms with E-state index in [0.717, 1.165) is 29.7 Å². The largest absolute Gasteiger partial charge is 0.328 e. The number of hydrogen-bond acceptors (Lipinski definition) is 4. The van der Waals surface area contributed by atoms with Gasteiger partial charge in [-0.25, -0.2) is 14.8 Å². The molecule has 0 saturated carbocycles. The summed E-state index contributed by atoms with van der Waals surface area (Å²) < 4.78 is 1.69. The van der Waals surface area contributed by atoms with Gasteiger partial charge >= 0.3 is 5.69 Å². The van der Waals surface area contributed by atoms with Crippen LogP contribution in [0.3, 0.4) is 0 Å². The molecule has 0 fully saturated rings. The van der Waals surface area contributed by atoms with Crippen molar-refractivity contribution in [1.82, 2.24) is 24.4 Å². The molecule has 0 spiro atoms. The second-order valence-corrected chi connectivity index (χ2v) is 10.1. The van der Waals surface area contributed by atoms with Crippen LogP contribution in [0.25, 0.3) is 33.7 Å². The standard InChI is InChI=1S/C31H33N5O/c1-21(2)26-10-5-6-11-27(26)29-32-19-28-30(34-29)36(31(37)33-28)20-23-12-14-24(15-13-23)25-9-7-8-22(18-25)16-17-35(3)4/h5-15,18-19,21H,16-17,20H2,1-4H3,(H,33,37). The average Bonchev–Trinajstić information content (AvgIpc) is 3.22. The Kier molecular flexibility index (Phi) is 7.01. The number of nitrogens with one attached hydrogen (secondary N) is 1. The maximum absolute atomic E-state index is 12.8. The van der Waals surface area contributed by atoms with Crippen LogP contribution in [0.1, 0.15) is 36.5 Å². The molecule has 6 heteroatoms. The van der Waals surface area contributed by atoms with Crippen molar-refractivity contribution in [2.45, 2.75) is 32.7 Å². The van der Waals surface area contributed by atoms with E-state index >= 15 is 0 Å². The van der Waals surface area contributed by atoms with Gasteiger partial charge in [0, 0.05) is 12.1 Å². The lowest BCUT2D eigenvalue weighted by atomic mass is 9.97. The van der Waals surface area contributed by atoms with Crippen molar-refractivity contribution in [3.05, 3.63) is 106 Å². The van der Waals surface area contributed by atoms with E-state index in [4.69, 9.17) is 4.98 Å². The first-order valence-electron chi connectivity index (χ1n) is 12.8. The summed E-state index contributed by atoms with van der Waals surface area (Å²) in [6, 6.07) is 25.3. The van der Waals surface area contributed by atoms with Gasteiger partial charge in [-0.2, -0.15) is 0 Å². The number of likely N-dealkylation sites (N-methyl/N-ethyl adjacent to an activating group) is 1. The Hall–Kier alpha value is -4.03. The molecule has 0 bridgehead atoms. The Labute approximate surface area is 217 Å². The Morgan fingerprint density at radius 3 is 2.46 bits per heavy atom. The van der Waals surface area contributed by atoms with E-state index in [1.165, 1.54) is 16.7 Å². The lowest BCUT2D eigenvalue weighted by Gasteiger charge is -2.12. The van der Waals surface area contributed by atoms with Gasteiger partial charge in [-0.05, 0) is 54.3 Å². The third-order valence-electron chi connectivity index (χ3n) is 6.74. The van der Waals surface area contributed by atoms with E-state index in [9.17, 15) is 4.79 Å². The zero-order valence-corrected chi connectivity index (χ0v) is 21.9. The quantitative estimate of drug-likeness (QED) is 0.301. The van der Waals surface area contributed by atoms with E-state index in [1.54, 1.807) is 10.8 Å². The third kappa shape index (κ3) is 5.39. The van der Waals surface area contributed by atoms with Gasteiger partial charge < -0.3 is 9.88 Å². The van der Waals surface area contributed by atoms with Gasteiger partial charge in [0.05, 0.1) is 12.7 Å². The molecule has 37 heavy (non-hydrogen) atoms. The predicted molar refractivity (Wildman–Crippen MR) is 151 cm³/mol. The number of aromatic nitrogens is 4. The number of nitrogens with zero attached hydrogens (tertiary/aromatic N) is 4. The smallest absolute Gasteiger partial charge is 0.309 e. The Balaban J connectivity index is 1.42. The van der Waals surface area contributed by atoms with Crippen LogP contribution in [-0.4, -0.2) is 45.1 Å². The number of imidazole rings is 1. The number of aromatic amines is 1. The summed E-state index contributed by atoms with van der Waals surface area (Å²) in [7, 11) is 4.19. The zero-order chi connectivity index (χ0) is 25.9. The topological polar surface area (TPSA) is 66.8 Å². The lowest BCUT2D eigenvalue weighted by Crippen LogP contribution is -2.17. The van der Waals surface area contributed by atoms with Crippen molar-refractivity contribution < 1.29 is 0 Å². The highest BCUT2D eigenvalue weighted by Gasteiger charge is 2.15. The van der Waals surface area contributed by atoms with E-state index in [2.05, 4.69) is 97.4 Å². The molecular formula is C31H33N5O. The maximum atomic E-state index is 12.8. The molecule has 0 unspecified atom stereocenters. The van der Waals surface area contributed by atoms with Crippen LogP contribution < -0.4 is 5.69 Å². The SMILES string of the molecule is CC(C)c1ccccc1-c1ncc2[nH]c(=O)n(Cc3ccc(-c4cccc(CCN(C)C)c4)cc3)c2n1. The number of rotatable bonds is 8. The van der Waals surface area contributed by atoms with Crippen molar-refractivity contribution in [2.75, 3.05) is 20.6 Å². The Morgan fingerprint density at radius 1 is 0.919 bits per heavy atom. The summed E-state index contributed by atoms with van der Waals surface area (Å²) in [5.41, 5.74) is 7.99. The highest BCUT2D eigenvalue weighted by atomic mass is 16.1. The fourth-order valence-electron chi connectivity index (χ4n) is 4.67. The summed E-state index contributed by atoms with van der Waals surface area (Å²) in [5, 5.41) is 0. The minimum absolute atomic E-state index is 0.184. The number of hydrogen-bond donors (Lipinski definition) is 1. The van der Waals surface area contributed by atoms with Gasteiger partial charge in [0.25, 0.3) is 0 Å². The van der Waals surface area contributed by atoms with Crippen LogP contribution >= 0.6 is 0 Å². The van der Waals surface area contributed by atoms with Gasteiger partial charge in [0.1, 0.15) is 5.52 Å². The van der Waals surface area contributed by atoms with Gasteiger partial charge in [0.2, 0.25) is 0 Å². The first kappa shape index (κ1) is 24.7. The highest BCUT2D eigenvalue weighted by molar-refractivity contribution is 5.74. The van der Waals surface area contributed by atoms with Crippen molar-refractivity contribution in [1.29, 1.82) is 0 Å². The summed E-state index contributed by atoms with van der Waals surface area (Å²) in [5.74, 6) is 0.977. The van der Waals surface area contributed by atoms with Gasteiger partial charge in [0.15, 0.2) is 11.5 Å². The second kappa shape index (κ2) is 10.5. The zero-order valence-electron chi connectivity index (χ0n) is 21.9. The molecule has 0 amide bonds. The van der Waals surface area contributed by atoms with Gasteiger partial charge in [-0.3, -0.25) is 4.57 Å². The molecule has 1 N–H and O–H groups in total. The molecule has 2 heterocycles. The predicted octanol–water partition coefficient (Wildman–Crippen LogP) is 5.73. The molecule has 0 saturated heterocycles. The fourth-order valence-corrected chi connectivity index (χ4v) is 4.67. The minimum atomic E-state index is -0.184. The molecule has 0 radical (unpaired) electrons. The molecule has 0 atom stereocenters. The van der Waals surface area contributed by atoms with Crippen LogP contribution in [0.15, 0.2) is 83.8 Å². The lowest BCUT2D eigenvalue weighted by molar-refractivity contribution is 0.413. The van der Waals surface area contributed by atoms with Crippen molar-refractivity contribution >= 4 is 11.2 Å². The van der Waals surface area contributed by atoms with Crippen LogP contribution in [0.2, 0.25) is 0 Å². The Morgan fingerprint density at radius 2 is 1.70 bits per heavy atom. The summed E-state index contributed by atoms with van der Waals surface area (Å²) in [6.45, 7) is 5.78. The molecule has 2 aromatic heterocycles. The fraction of sp³-hybridized carbons (Fsp3) is 0.258. The summed E-state index contributed by atoms with van der Waals surface area (Å²) in [4.78, 5) is 27.3. The number of benzene rings is 3.